The molecule has 0 radical (unpaired) electrons. The molecule has 0 saturated carbocycles. The lowest BCUT2D eigenvalue weighted by Gasteiger charge is -2.38. The van der Waals surface area contributed by atoms with E-state index in [-0.39, 0.29) is 29.9 Å². The van der Waals surface area contributed by atoms with E-state index in [9.17, 15) is 32.2 Å². The predicted molar refractivity (Wildman–Crippen MR) is 125 cm³/mol. The molecule has 0 fully saturated rings. The van der Waals surface area contributed by atoms with Gasteiger partial charge in [0.1, 0.15) is 6.10 Å². The van der Waals surface area contributed by atoms with E-state index in [4.69, 9.17) is 4.98 Å². The highest BCUT2D eigenvalue weighted by Gasteiger charge is 2.40. The third-order valence-corrected chi connectivity index (χ3v) is 7.05. The van der Waals surface area contributed by atoms with E-state index in [1.54, 1.807) is 0 Å². The highest BCUT2D eigenvalue weighted by Crippen LogP contribution is 2.49. The van der Waals surface area contributed by atoms with E-state index in [1.165, 1.54) is 6.08 Å². The fraction of sp³-hybridized carbons (Fsp3) is 0.556. The first-order valence-corrected chi connectivity index (χ1v) is 12.1. The van der Waals surface area contributed by atoms with Crippen LogP contribution < -0.4 is 0 Å². The molecule has 2 N–H and O–H groups in total. The molecule has 2 aliphatic rings. The van der Waals surface area contributed by atoms with E-state index in [1.807, 2.05) is 27.7 Å². The Morgan fingerprint density at radius 1 is 1.14 bits per heavy atom. The molecular formula is C27H31F5N2O2. The molecule has 0 amide bonds. The number of nitrogens with zero attached hydrogens (tertiary/aromatic N) is 2. The number of pyridine rings is 2. The fourth-order valence-corrected chi connectivity index (χ4v) is 5.29. The van der Waals surface area contributed by atoms with Crippen LogP contribution in [0.25, 0.3) is 5.57 Å². The lowest BCUT2D eigenvalue weighted by molar-refractivity contribution is -0.137. The van der Waals surface area contributed by atoms with Gasteiger partial charge in [-0.15, -0.1) is 0 Å². The highest BCUT2D eigenvalue weighted by atomic mass is 19.4. The summed E-state index contributed by atoms with van der Waals surface area (Å²) in [6.45, 7) is 7.79. The molecule has 0 bridgehead atoms. The van der Waals surface area contributed by atoms with Crippen LogP contribution in [0.5, 0.6) is 0 Å². The van der Waals surface area contributed by atoms with Crippen molar-refractivity contribution in [2.75, 3.05) is 0 Å². The minimum absolute atomic E-state index is 0.0136. The molecule has 36 heavy (non-hydrogen) atoms. The zero-order chi connectivity index (χ0) is 26.6. The number of rotatable bonds is 4. The molecular weight excluding hydrogens is 479 g/mol. The Bertz CT molecular complexity index is 1170. The van der Waals surface area contributed by atoms with Crippen molar-refractivity contribution in [3.05, 3.63) is 63.7 Å². The summed E-state index contributed by atoms with van der Waals surface area (Å²) in [5, 5.41) is 22.7. The van der Waals surface area contributed by atoms with Crippen molar-refractivity contribution in [1.29, 1.82) is 0 Å². The second-order valence-electron chi connectivity index (χ2n) is 11.0. The summed E-state index contributed by atoms with van der Waals surface area (Å²) in [6.07, 6.45) is -4.66. The number of aromatic nitrogens is 2. The van der Waals surface area contributed by atoms with Crippen molar-refractivity contribution < 1.29 is 32.2 Å². The number of halogens is 5. The molecule has 0 spiro atoms. The Morgan fingerprint density at radius 2 is 1.83 bits per heavy atom. The Balaban J connectivity index is 1.96. The van der Waals surface area contributed by atoms with Gasteiger partial charge in [-0.3, -0.25) is 9.97 Å². The first-order chi connectivity index (χ1) is 16.6. The summed E-state index contributed by atoms with van der Waals surface area (Å²) in [7, 11) is 0. The van der Waals surface area contributed by atoms with Crippen molar-refractivity contribution in [2.24, 2.45) is 5.41 Å². The number of aliphatic hydroxyl groups excluding tert-OH is 2. The van der Waals surface area contributed by atoms with Crippen LogP contribution in [0, 0.1) is 5.41 Å². The average molecular weight is 511 g/mol. The summed E-state index contributed by atoms with van der Waals surface area (Å²) >= 11 is 0. The Morgan fingerprint density at radius 3 is 2.36 bits per heavy atom. The van der Waals surface area contributed by atoms with Gasteiger partial charge in [-0.05, 0) is 53.9 Å². The third-order valence-electron chi connectivity index (χ3n) is 7.05. The van der Waals surface area contributed by atoms with Crippen LogP contribution in [0.1, 0.15) is 111 Å². The first kappa shape index (κ1) is 26.7. The fourth-order valence-electron chi connectivity index (χ4n) is 5.29. The minimum Gasteiger partial charge on any atom is -0.388 e. The molecule has 4 nitrogen and oxygen atoms in total. The van der Waals surface area contributed by atoms with Crippen LogP contribution in [0.3, 0.4) is 0 Å². The Labute approximate surface area is 207 Å². The van der Waals surface area contributed by atoms with Crippen molar-refractivity contribution in [2.45, 2.75) is 90.0 Å². The zero-order valence-electron chi connectivity index (χ0n) is 20.8. The standard InChI is InChI=1S/C27H31F5N2O2/c1-14(2)23-22(24(36)17-6-5-16(13-33-17)27(30,31)32)20(15-7-9-26(28,29)10-8-15)21-18(34-23)11-25(3,4)12-19(21)35/h5-7,13-14,19,24,35-36H,8-12H2,1-4H3/t19?,24-/m0/s1. The van der Waals surface area contributed by atoms with E-state index in [0.717, 1.165) is 12.1 Å². The van der Waals surface area contributed by atoms with E-state index in [2.05, 4.69) is 4.98 Å². The van der Waals surface area contributed by atoms with Gasteiger partial charge < -0.3 is 10.2 Å². The normalized spacial score (nSPS) is 22.2. The van der Waals surface area contributed by atoms with Crippen LogP contribution in [0.4, 0.5) is 22.0 Å². The Hall–Kier alpha value is -2.39. The van der Waals surface area contributed by atoms with Crippen molar-refractivity contribution >= 4 is 5.57 Å². The second-order valence-corrected chi connectivity index (χ2v) is 11.0. The third kappa shape index (κ3) is 5.18. The first-order valence-electron chi connectivity index (χ1n) is 12.1. The predicted octanol–water partition coefficient (Wildman–Crippen LogP) is 6.91. The lowest BCUT2D eigenvalue weighted by atomic mass is 9.70. The molecule has 2 atom stereocenters. The van der Waals surface area contributed by atoms with Crippen molar-refractivity contribution in [3.8, 4) is 0 Å². The summed E-state index contributed by atoms with van der Waals surface area (Å²) in [5.74, 6) is -3.03. The van der Waals surface area contributed by atoms with Crippen LogP contribution >= 0.6 is 0 Å². The maximum Gasteiger partial charge on any atom is 0.417 e. The van der Waals surface area contributed by atoms with Gasteiger partial charge in [-0.2, -0.15) is 13.2 Å². The largest absolute Gasteiger partial charge is 0.417 e. The second kappa shape index (κ2) is 9.17. The number of hydrogen-bond donors (Lipinski definition) is 2. The molecule has 9 heteroatoms. The van der Waals surface area contributed by atoms with Crippen molar-refractivity contribution in [1.82, 2.24) is 9.97 Å². The quantitative estimate of drug-likeness (QED) is 0.439. The molecule has 1 unspecified atom stereocenters. The summed E-state index contributed by atoms with van der Waals surface area (Å²) in [5.41, 5.74) is 1.86. The summed E-state index contributed by atoms with van der Waals surface area (Å²) in [4.78, 5) is 8.73. The number of fused-ring (bicyclic) bond motifs is 1. The van der Waals surface area contributed by atoms with E-state index in [0.29, 0.717) is 52.7 Å². The van der Waals surface area contributed by atoms with Gasteiger partial charge in [0, 0.05) is 35.9 Å². The maximum atomic E-state index is 14.0. The number of alkyl halides is 5. The molecule has 0 aromatic carbocycles. The van der Waals surface area contributed by atoms with Crippen molar-refractivity contribution in [3.63, 3.8) is 0 Å². The number of hydrogen-bond acceptors (Lipinski definition) is 4. The zero-order valence-corrected chi connectivity index (χ0v) is 20.8. The average Bonchev–Trinajstić information content (AvgIpc) is 2.76. The molecule has 2 heterocycles. The van der Waals surface area contributed by atoms with Crippen LogP contribution in [-0.2, 0) is 12.6 Å². The van der Waals surface area contributed by atoms with Gasteiger partial charge in [0.15, 0.2) is 0 Å². The van der Waals surface area contributed by atoms with E-state index >= 15 is 0 Å². The van der Waals surface area contributed by atoms with E-state index < -0.39 is 36.3 Å². The SMILES string of the molecule is CC(C)c1nc2c(c(C3=CCC(F)(F)CC3)c1[C@@H](O)c1ccc(C(F)(F)F)cn1)C(O)CC(C)(C)C2. The molecule has 0 saturated heterocycles. The van der Waals surface area contributed by atoms with Gasteiger partial charge in [0.05, 0.1) is 23.1 Å². The Kier molecular flexibility index (Phi) is 6.79. The molecule has 4 rings (SSSR count). The molecule has 2 aromatic rings. The molecule has 2 aromatic heterocycles. The maximum absolute atomic E-state index is 14.0. The molecule has 196 valence electrons. The molecule has 0 aliphatic heterocycles. The van der Waals surface area contributed by atoms with Gasteiger partial charge in [0.25, 0.3) is 5.92 Å². The van der Waals surface area contributed by atoms with Crippen LogP contribution in [0.15, 0.2) is 24.4 Å². The van der Waals surface area contributed by atoms with Gasteiger partial charge in [-0.1, -0.05) is 33.8 Å². The van der Waals surface area contributed by atoms with Gasteiger partial charge >= 0.3 is 6.18 Å². The van der Waals surface area contributed by atoms with Crippen LogP contribution in [-0.4, -0.2) is 26.1 Å². The summed E-state index contributed by atoms with van der Waals surface area (Å²) in [6, 6.07) is 1.97. The lowest BCUT2D eigenvalue weighted by Crippen LogP contribution is -2.30. The van der Waals surface area contributed by atoms with Gasteiger partial charge in [0.2, 0.25) is 0 Å². The number of allylic oxidation sites excluding steroid dienone is 2. The summed E-state index contributed by atoms with van der Waals surface area (Å²) < 4.78 is 67.2. The monoisotopic (exact) mass is 510 g/mol. The topological polar surface area (TPSA) is 66.2 Å². The van der Waals surface area contributed by atoms with Crippen LogP contribution in [0.2, 0.25) is 0 Å². The number of aliphatic hydroxyl groups is 2. The highest BCUT2D eigenvalue weighted by molar-refractivity contribution is 5.75. The smallest absolute Gasteiger partial charge is 0.388 e. The minimum atomic E-state index is -4.58. The van der Waals surface area contributed by atoms with Gasteiger partial charge in [-0.25, -0.2) is 8.78 Å². The molecule has 2 aliphatic carbocycles.